The van der Waals surface area contributed by atoms with Gasteiger partial charge < -0.3 is 10.1 Å². The summed E-state index contributed by atoms with van der Waals surface area (Å²) in [6, 6.07) is 12.5. The number of benzene rings is 2. The number of hydrogen-bond donors (Lipinski definition) is 1. The quantitative estimate of drug-likeness (QED) is 0.639. The van der Waals surface area contributed by atoms with E-state index in [9.17, 15) is 18.0 Å². The Hall–Kier alpha value is -2.71. The summed E-state index contributed by atoms with van der Waals surface area (Å²) in [6.07, 6.45) is 0.908. The van der Waals surface area contributed by atoms with E-state index in [1.54, 1.807) is 25.1 Å². The lowest BCUT2D eigenvalue weighted by atomic mass is 9.97. The van der Waals surface area contributed by atoms with Gasteiger partial charge in [0, 0.05) is 24.7 Å². The number of esters is 1. The molecule has 0 atom stereocenters. The number of amides is 1. The average molecular weight is 459 g/mol. The molecule has 1 aliphatic heterocycles. The first-order valence-corrected chi connectivity index (χ1v) is 12.4. The van der Waals surface area contributed by atoms with Gasteiger partial charge in [0.25, 0.3) is 0 Å². The van der Waals surface area contributed by atoms with Crippen LogP contribution < -0.4 is 5.32 Å². The van der Waals surface area contributed by atoms with E-state index in [-0.39, 0.29) is 24.2 Å². The van der Waals surface area contributed by atoms with Crippen molar-refractivity contribution < 1.29 is 22.7 Å². The lowest BCUT2D eigenvalue weighted by Gasteiger charge is -2.30. The maximum absolute atomic E-state index is 12.8. The molecule has 2 aromatic rings. The van der Waals surface area contributed by atoms with Crippen molar-refractivity contribution in [3.05, 3.63) is 64.7 Å². The van der Waals surface area contributed by atoms with Gasteiger partial charge in [0.15, 0.2) is 0 Å². The van der Waals surface area contributed by atoms with Gasteiger partial charge in [-0.05, 0) is 56.9 Å². The van der Waals surface area contributed by atoms with Crippen LogP contribution in [-0.2, 0) is 25.3 Å². The smallest absolute Gasteiger partial charge is 0.338 e. The number of aryl methyl sites for hydroxylation is 2. The minimum Gasteiger partial charge on any atom is -0.462 e. The minimum absolute atomic E-state index is 0.0363. The van der Waals surface area contributed by atoms with E-state index in [2.05, 4.69) is 5.32 Å². The Labute approximate surface area is 189 Å². The van der Waals surface area contributed by atoms with Crippen LogP contribution in [0.4, 0.5) is 5.69 Å². The summed E-state index contributed by atoms with van der Waals surface area (Å²) in [4.78, 5) is 24.8. The van der Waals surface area contributed by atoms with Gasteiger partial charge in [-0.2, -0.15) is 0 Å². The van der Waals surface area contributed by atoms with E-state index in [4.69, 9.17) is 4.74 Å². The maximum Gasteiger partial charge on any atom is 0.338 e. The summed E-state index contributed by atoms with van der Waals surface area (Å²) in [5.41, 5.74) is 3.57. The van der Waals surface area contributed by atoms with Crippen LogP contribution in [0.1, 0.15) is 46.8 Å². The molecule has 1 N–H and O–H groups in total. The summed E-state index contributed by atoms with van der Waals surface area (Å²) >= 11 is 0. The van der Waals surface area contributed by atoms with Crippen LogP contribution in [0.5, 0.6) is 0 Å². The molecular weight excluding hydrogens is 428 g/mol. The zero-order valence-corrected chi connectivity index (χ0v) is 19.6. The van der Waals surface area contributed by atoms with Gasteiger partial charge in [-0.3, -0.25) is 4.79 Å². The van der Waals surface area contributed by atoms with Crippen molar-refractivity contribution >= 4 is 27.6 Å². The Morgan fingerprint density at radius 1 is 1.09 bits per heavy atom. The fourth-order valence-corrected chi connectivity index (χ4v) is 5.38. The summed E-state index contributed by atoms with van der Waals surface area (Å²) in [5, 5.41) is 2.90. The molecule has 0 unspecified atom stereocenters. The number of nitrogens with one attached hydrogen (secondary N) is 1. The molecule has 0 saturated carbocycles. The Morgan fingerprint density at radius 2 is 1.81 bits per heavy atom. The number of nitrogens with zero attached hydrogens (tertiary/aromatic N) is 1. The van der Waals surface area contributed by atoms with Gasteiger partial charge in [0.05, 0.1) is 17.9 Å². The highest BCUT2D eigenvalue weighted by molar-refractivity contribution is 7.88. The third-order valence-electron chi connectivity index (χ3n) is 5.66. The standard InChI is InChI=1S/C24H30N2O5S/c1-4-31-24(28)21-9-8-18(3)22(15-21)25-23(27)20-10-12-26(13-11-20)32(29,30)16-19-7-5-6-17(2)14-19/h5-9,14-15,20H,4,10-13,16H2,1-3H3,(H,25,27). The second kappa shape index (κ2) is 10.3. The van der Waals surface area contributed by atoms with Crippen LogP contribution in [0.3, 0.4) is 0 Å². The summed E-state index contributed by atoms with van der Waals surface area (Å²) < 4.78 is 32.1. The van der Waals surface area contributed by atoms with Crippen LogP contribution >= 0.6 is 0 Å². The average Bonchev–Trinajstić information content (AvgIpc) is 2.75. The van der Waals surface area contributed by atoms with Crippen molar-refractivity contribution in [1.29, 1.82) is 0 Å². The number of ether oxygens (including phenoxy) is 1. The first-order valence-electron chi connectivity index (χ1n) is 10.8. The number of carbonyl (C=O) groups excluding carboxylic acids is 2. The fourth-order valence-electron chi connectivity index (χ4n) is 3.83. The minimum atomic E-state index is -3.44. The topological polar surface area (TPSA) is 92.8 Å². The van der Waals surface area contributed by atoms with Crippen LogP contribution in [0, 0.1) is 19.8 Å². The zero-order chi connectivity index (χ0) is 23.3. The van der Waals surface area contributed by atoms with E-state index in [1.165, 1.54) is 4.31 Å². The van der Waals surface area contributed by atoms with Gasteiger partial charge in [0.1, 0.15) is 0 Å². The van der Waals surface area contributed by atoms with Gasteiger partial charge in [-0.1, -0.05) is 35.9 Å². The van der Waals surface area contributed by atoms with E-state index < -0.39 is 16.0 Å². The van der Waals surface area contributed by atoms with Crippen molar-refractivity contribution in [2.75, 3.05) is 25.0 Å². The molecule has 2 aromatic carbocycles. The molecule has 0 aliphatic carbocycles. The highest BCUT2D eigenvalue weighted by atomic mass is 32.2. The van der Waals surface area contributed by atoms with Gasteiger partial charge >= 0.3 is 5.97 Å². The first-order chi connectivity index (χ1) is 15.2. The predicted molar refractivity (Wildman–Crippen MR) is 124 cm³/mol. The Kier molecular flexibility index (Phi) is 7.69. The normalized spacial score (nSPS) is 15.3. The molecular formula is C24H30N2O5S. The second-order valence-electron chi connectivity index (χ2n) is 8.16. The lowest BCUT2D eigenvalue weighted by Crippen LogP contribution is -2.41. The van der Waals surface area contributed by atoms with Gasteiger partial charge in [-0.25, -0.2) is 17.5 Å². The number of carbonyl (C=O) groups is 2. The molecule has 0 radical (unpaired) electrons. The molecule has 8 heteroatoms. The number of sulfonamides is 1. The number of hydrogen-bond acceptors (Lipinski definition) is 5. The predicted octanol–water partition coefficient (Wildman–Crippen LogP) is 3.66. The SMILES string of the molecule is CCOC(=O)c1ccc(C)c(NC(=O)C2CCN(S(=O)(=O)Cc3cccc(C)c3)CC2)c1. The Bertz CT molecular complexity index is 1090. The summed E-state index contributed by atoms with van der Waals surface area (Å²) in [6.45, 7) is 6.43. The van der Waals surface area contributed by atoms with Crippen LogP contribution in [0.15, 0.2) is 42.5 Å². The van der Waals surface area contributed by atoms with Gasteiger partial charge in [-0.15, -0.1) is 0 Å². The highest BCUT2D eigenvalue weighted by Crippen LogP contribution is 2.25. The van der Waals surface area contributed by atoms with Crippen molar-refractivity contribution in [3.8, 4) is 0 Å². The summed E-state index contributed by atoms with van der Waals surface area (Å²) in [5.74, 6) is -0.920. The van der Waals surface area contributed by atoms with E-state index >= 15 is 0 Å². The molecule has 1 amide bonds. The molecule has 1 aliphatic rings. The first kappa shape index (κ1) is 23.9. The molecule has 1 heterocycles. The fraction of sp³-hybridized carbons (Fsp3) is 0.417. The number of anilines is 1. The molecule has 7 nitrogen and oxygen atoms in total. The molecule has 0 bridgehead atoms. The van der Waals surface area contributed by atoms with Crippen LogP contribution in [-0.4, -0.2) is 44.3 Å². The van der Waals surface area contributed by atoms with Gasteiger partial charge in [0.2, 0.25) is 15.9 Å². The summed E-state index contributed by atoms with van der Waals surface area (Å²) in [7, 11) is -3.44. The molecule has 1 saturated heterocycles. The number of rotatable bonds is 7. The third kappa shape index (κ3) is 5.95. The molecule has 0 aromatic heterocycles. The zero-order valence-electron chi connectivity index (χ0n) is 18.8. The Morgan fingerprint density at radius 3 is 2.47 bits per heavy atom. The van der Waals surface area contributed by atoms with Crippen molar-refractivity contribution in [1.82, 2.24) is 4.31 Å². The van der Waals surface area contributed by atoms with Crippen LogP contribution in [0.25, 0.3) is 0 Å². The monoisotopic (exact) mass is 458 g/mol. The van der Waals surface area contributed by atoms with Crippen LogP contribution in [0.2, 0.25) is 0 Å². The number of piperidine rings is 1. The van der Waals surface area contributed by atoms with Crippen molar-refractivity contribution in [2.24, 2.45) is 5.92 Å². The third-order valence-corrected chi connectivity index (χ3v) is 7.51. The van der Waals surface area contributed by atoms with Crippen molar-refractivity contribution in [2.45, 2.75) is 39.4 Å². The highest BCUT2D eigenvalue weighted by Gasteiger charge is 2.31. The Balaban J connectivity index is 1.60. The lowest BCUT2D eigenvalue weighted by molar-refractivity contribution is -0.120. The largest absolute Gasteiger partial charge is 0.462 e. The molecule has 0 spiro atoms. The second-order valence-corrected chi connectivity index (χ2v) is 10.1. The maximum atomic E-state index is 12.8. The molecule has 3 rings (SSSR count). The van der Waals surface area contributed by atoms with E-state index in [1.807, 2.05) is 38.1 Å². The molecule has 32 heavy (non-hydrogen) atoms. The van der Waals surface area contributed by atoms with E-state index in [0.29, 0.717) is 37.2 Å². The molecule has 1 fully saturated rings. The molecule has 172 valence electrons. The van der Waals surface area contributed by atoms with Crippen molar-refractivity contribution in [3.63, 3.8) is 0 Å². The van der Waals surface area contributed by atoms with E-state index in [0.717, 1.165) is 16.7 Å².